The summed E-state index contributed by atoms with van der Waals surface area (Å²) in [6, 6.07) is 76.0. The van der Waals surface area contributed by atoms with Crippen molar-refractivity contribution in [3.8, 4) is 67.8 Å². The molecule has 5 nitrogen and oxygen atoms in total. The Morgan fingerprint density at radius 2 is 0.846 bits per heavy atom. The van der Waals surface area contributed by atoms with Gasteiger partial charge in [0.25, 0.3) is 0 Å². The zero-order valence-electron chi connectivity index (χ0n) is 35.9. The number of aromatic nitrogens is 5. The average Bonchev–Trinajstić information content (AvgIpc) is 3.97. The summed E-state index contributed by atoms with van der Waals surface area (Å²) in [5.74, 6) is 1.81. The SMILES string of the molecule is CC1(C)c2ccccc2-c2ccc(-c3nc(-c4ccccc4)nc(-n4c5ccccc5c5ccc6c7ccccc7n(-c7ccccc7-c7ccccc7-c7ccccc7)c6c54)n3)cc21. The summed E-state index contributed by atoms with van der Waals surface area (Å²) in [6.45, 7) is 4.63. The van der Waals surface area contributed by atoms with Gasteiger partial charge in [0.1, 0.15) is 0 Å². The van der Waals surface area contributed by atoms with Crippen LogP contribution < -0.4 is 0 Å². The lowest BCUT2D eigenvalue weighted by Gasteiger charge is -2.21. The number of para-hydroxylation sites is 3. The van der Waals surface area contributed by atoms with Gasteiger partial charge >= 0.3 is 0 Å². The summed E-state index contributed by atoms with van der Waals surface area (Å²) in [5.41, 5.74) is 16.9. The molecule has 0 unspecified atom stereocenters. The van der Waals surface area contributed by atoms with Gasteiger partial charge in [0.15, 0.2) is 11.6 Å². The molecule has 3 heterocycles. The van der Waals surface area contributed by atoms with Crippen LogP contribution in [0, 0.1) is 0 Å². The van der Waals surface area contributed by atoms with Gasteiger partial charge in [-0.15, -0.1) is 0 Å². The maximum atomic E-state index is 5.50. The Hall–Kier alpha value is -8.41. The minimum atomic E-state index is -0.177. The van der Waals surface area contributed by atoms with Gasteiger partial charge in [-0.2, -0.15) is 9.97 Å². The van der Waals surface area contributed by atoms with Crippen LogP contribution >= 0.6 is 0 Å². The first kappa shape index (κ1) is 37.2. The van der Waals surface area contributed by atoms with Crippen LogP contribution in [0.15, 0.2) is 212 Å². The molecule has 13 rings (SSSR count). The van der Waals surface area contributed by atoms with Crippen molar-refractivity contribution in [2.75, 3.05) is 0 Å². The largest absolute Gasteiger partial charge is 0.307 e. The van der Waals surface area contributed by atoms with Crippen molar-refractivity contribution >= 4 is 43.6 Å². The normalized spacial score (nSPS) is 12.9. The Bertz CT molecular complexity index is 3860. The Balaban J connectivity index is 1.12. The fourth-order valence-corrected chi connectivity index (χ4v) is 10.6. The molecule has 0 N–H and O–H groups in total. The Kier molecular flexibility index (Phi) is 8.18. The molecule has 1 aliphatic rings. The molecule has 0 atom stereocenters. The number of benzene rings is 9. The van der Waals surface area contributed by atoms with Crippen LogP contribution in [0.3, 0.4) is 0 Å². The molecule has 3 aromatic heterocycles. The average molecular weight is 832 g/mol. The van der Waals surface area contributed by atoms with Gasteiger partial charge in [0.05, 0.1) is 27.8 Å². The second-order valence-electron chi connectivity index (χ2n) is 17.6. The molecular formula is C60H41N5. The standard InChI is InChI=1S/C60H41N5/c1-60(2)50-29-15-11-25-43(50)44-34-33-40(37-51(44)60)58-61-57(39-21-7-4-8-22-39)62-59(63-58)65-54-32-18-14-28-47(54)49-36-35-48-46-27-13-17-31-53(46)64(55(48)56(49)65)52-30-16-12-26-45(52)42-24-10-9-23-41(42)38-19-5-3-6-20-38/h3-37H,1-2H3. The molecule has 65 heavy (non-hydrogen) atoms. The zero-order valence-corrected chi connectivity index (χ0v) is 35.9. The number of hydrogen-bond acceptors (Lipinski definition) is 3. The van der Waals surface area contributed by atoms with Gasteiger partial charge < -0.3 is 4.57 Å². The topological polar surface area (TPSA) is 48.5 Å². The molecule has 1 aliphatic carbocycles. The molecule has 0 radical (unpaired) electrons. The van der Waals surface area contributed by atoms with E-state index < -0.39 is 0 Å². The zero-order chi connectivity index (χ0) is 43.2. The third-order valence-corrected chi connectivity index (χ3v) is 13.6. The summed E-state index contributed by atoms with van der Waals surface area (Å²) in [4.78, 5) is 16.2. The van der Waals surface area contributed by atoms with Crippen LogP contribution in [0.4, 0.5) is 0 Å². The van der Waals surface area contributed by atoms with Crippen molar-refractivity contribution in [2.45, 2.75) is 19.3 Å². The first-order valence-electron chi connectivity index (χ1n) is 22.3. The Morgan fingerprint density at radius 1 is 0.338 bits per heavy atom. The van der Waals surface area contributed by atoms with E-state index in [2.05, 4.69) is 217 Å². The molecule has 5 heteroatoms. The molecule has 0 amide bonds. The van der Waals surface area contributed by atoms with Gasteiger partial charge in [0.2, 0.25) is 5.95 Å². The van der Waals surface area contributed by atoms with E-state index in [-0.39, 0.29) is 5.41 Å². The Morgan fingerprint density at radius 3 is 1.55 bits per heavy atom. The van der Waals surface area contributed by atoms with Crippen LogP contribution in [0.25, 0.3) is 111 Å². The fraction of sp³-hybridized carbons (Fsp3) is 0.0500. The van der Waals surface area contributed by atoms with Crippen molar-refractivity contribution in [1.82, 2.24) is 24.1 Å². The van der Waals surface area contributed by atoms with E-state index in [1.165, 1.54) is 44.3 Å². The molecular weight excluding hydrogens is 791 g/mol. The second-order valence-corrected chi connectivity index (χ2v) is 17.6. The molecule has 0 bridgehead atoms. The molecule has 12 aromatic rings. The third kappa shape index (κ3) is 5.62. The van der Waals surface area contributed by atoms with E-state index in [1.54, 1.807) is 0 Å². The highest BCUT2D eigenvalue weighted by Crippen LogP contribution is 2.50. The predicted octanol–water partition coefficient (Wildman–Crippen LogP) is 15.0. The fourth-order valence-electron chi connectivity index (χ4n) is 10.6. The van der Waals surface area contributed by atoms with Crippen molar-refractivity contribution in [1.29, 1.82) is 0 Å². The van der Waals surface area contributed by atoms with Gasteiger partial charge in [-0.3, -0.25) is 4.57 Å². The summed E-state index contributed by atoms with van der Waals surface area (Å²) >= 11 is 0. The van der Waals surface area contributed by atoms with E-state index in [9.17, 15) is 0 Å². The van der Waals surface area contributed by atoms with Crippen LogP contribution in [-0.4, -0.2) is 24.1 Å². The number of fused-ring (bicyclic) bond motifs is 10. The minimum absolute atomic E-state index is 0.177. The van der Waals surface area contributed by atoms with Crippen LogP contribution in [0.5, 0.6) is 0 Å². The lowest BCUT2D eigenvalue weighted by molar-refractivity contribution is 0.660. The van der Waals surface area contributed by atoms with Crippen molar-refractivity contribution in [2.24, 2.45) is 0 Å². The molecule has 306 valence electrons. The monoisotopic (exact) mass is 831 g/mol. The first-order valence-corrected chi connectivity index (χ1v) is 22.3. The molecule has 0 spiro atoms. The van der Waals surface area contributed by atoms with E-state index in [4.69, 9.17) is 15.0 Å². The minimum Gasteiger partial charge on any atom is -0.307 e. The van der Waals surface area contributed by atoms with Crippen LogP contribution in [0.2, 0.25) is 0 Å². The molecule has 0 aliphatic heterocycles. The maximum Gasteiger partial charge on any atom is 0.238 e. The van der Waals surface area contributed by atoms with Crippen molar-refractivity contribution < 1.29 is 0 Å². The summed E-state index contributed by atoms with van der Waals surface area (Å²) < 4.78 is 4.76. The Labute approximate surface area is 376 Å². The van der Waals surface area contributed by atoms with Gasteiger partial charge in [-0.05, 0) is 63.2 Å². The maximum absolute atomic E-state index is 5.50. The highest BCUT2D eigenvalue weighted by atomic mass is 15.2. The number of hydrogen-bond donors (Lipinski definition) is 0. The van der Waals surface area contributed by atoms with E-state index in [0.717, 1.165) is 60.6 Å². The van der Waals surface area contributed by atoms with E-state index in [1.807, 2.05) is 18.2 Å². The van der Waals surface area contributed by atoms with E-state index in [0.29, 0.717) is 17.6 Å². The third-order valence-electron chi connectivity index (χ3n) is 13.6. The van der Waals surface area contributed by atoms with Crippen LogP contribution in [0.1, 0.15) is 25.0 Å². The highest BCUT2D eigenvalue weighted by molar-refractivity contribution is 6.24. The van der Waals surface area contributed by atoms with E-state index >= 15 is 0 Å². The molecule has 9 aromatic carbocycles. The molecule has 0 saturated heterocycles. The van der Waals surface area contributed by atoms with Crippen molar-refractivity contribution in [3.05, 3.63) is 223 Å². The summed E-state index contributed by atoms with van der Waals surface area (Å²) in [5, 5.41) is 4.58. The number of rotatable bonds is 6. The van der Waals surface area contributed by atoms with Gasteiger partial charge in [0, 0.05) is 43.7 Å². The smallest absolute Gasteiger partial charge is 0.238 e. The second kappa shape index (κ2) is 14.3. The summed E-state index contributed by atoms with van der Waals surface area (Å²) in [7, 11) is 0. The first-order chi connectivity index (χ1) is 32.0. The van der Waals surface area contributed by atoms with Gasteiger partial charge in [-0.25, -0.2) is 4.98 Å². The molecule has 0 saturated carbocycles. The number of nitrogens with zero attached hydrogens (tertiary/aromatic N) is 5. The van der Waals surface area contributed by atoms with Gasteiger partial charge in [-0.1, -0.05) is 202 Å². The van der Waals surface area contributed by atoms with Crippen LogP contribution in [-0.2, 0) is 5.41 Å². The summed E-state index contributed by atoms with van der Waals surface area (Å²) in [6.07, 6.45) is 0. The highest BCUT2D eigenvalue weighted by Gasteiger charge is 2.35. The lowest BCUT2D eigenvalue weighted by Crippen LogP contribution is -2.15. The molecule has 0 fully saturated rings. The lowest BCUT2D eigenvalue weighted by atomic mass is 9.82. The predicted molar refractivity (Wildman–Crippen MR) is 268 cm³/mol. The quantitative estimate of drug-likeness (QED) is 0.168. The van der Waals surface area contributed by atoms with Crippen molar-refractivity contribution in [3.63, 3.8) is 0 Å².